The summed E-state index contributed by atoms with van der Waals surface area (Å²) in [6.45, 7) is 0.668. The normalized spacial score (nSPS) is 10.4. The van der Waals surface area contributed by atoms with Gasteiger partial charge < -0.3 is 10.5 Å². The maximum absolute atomic E-state index is 6.02. The average molecular weight is 295 g/mol. The number of hydrogen-bond donors (Lipinski definition) is 1. The van der Waals surface area contributed by atoms with Gasteiger partial charge in [0.05, 0.1) is 11.6 Å². The summed E-state index contributed by atoms with van der Waals surface area (Å²) in [6.07, 6.45) is 2.68. The molecule has 2 N–H and O–H groups in total. The van der Waals surface area contributed by atoms with E-state index in [1.165, 1.54) is 0 Å². The van der Waals surface area contributed by atoms with Gasteiger partial charge in [0.15, 0.2) is 0 Å². The van der Waals surface area contributed by atoms with Gasteiger partial charge in [-0.05, 0) is 42.8 Å². The van der Waals surface area contributed by atoms with E-state index in [1.54, 1.807) is 18.0 Å². The highest BCUT2D eigenvalue weighted by atomic mass is 35.5. The molecule has 2 rings (SSSR count). The Balaban J connectivity index is 1.67. The zero-order valence-corrected chi connectivity index (χ0v) is 12.0. The van der Waals surface area contributed by atoms with Gasteiger partial charge in [-0.2, -0.15) is 0 Å². The van der Waals surface area contributed by atoms with Crippen molar-refractivity contribution in [2.45, 2.75) is 11.4 Å². The molecule has 0 spiro atoms. The number of pyridine rings is 1. The molecule has 3 nitrogen and oxygen atoms in total. The minimum absolute atomic E-state index is 0.668. The Hall–Kier alpha value is -1.39. The van der Waals surface area contributed by atoms with Crippen molar-refractivity contribution in [3.8, 4) is 5.75 Å². The minimum atomic E-state index is 0.668. The molecule has 0 bridgehead atoms. The second kappa shape index (κ2) is 7.26. The molecule has 2 aromatic rings. The number of rotatable bonds is 6. The molecule has 0 saturated carbocycles. The SMILES string of the molecule is Nc1ccc(OCCCSc2ncccc2Cl)cc1. The van der Waals surface area contributed by atoms with Gasteiger partial charge in [0, 0.05) is 17.6 Å². The van der Waals surface area contributed by atoms with E-state index in [0.717, 1.165) is 28.6 Å². The van der Waals surface area contributed by atoms with Gasteiger partial charge in [-0.1, -0.05) is 11.6 Å². The molecule has 0 saturated heterocycles. The Morgan fingerprint density at radius 3 is 2.74 bits per heavy atom. The molecule has 0 aliphatic heterocycles. The van der Waals surface area contributed by atoms with Crippen molar-refractivity contribution in [3.05, 3.63) is 47.6 Å². The number of nitrogens with two attached hydrogens (primary N) is 1. The van der Waals surface area contributed by atoms with Gasteiger partial charge in [-0.25, -0.2) is 4.98 Å². The predicted molar refractivity (Wildman–Crippen MR) is 80.9 cm³/mol. The molecule has 1 heterocycles. The Morgan fingerprint density at radius 1 is 1.21 bits per heavy atom. The third kappa shape index (κ3) is 4.65. The highest BCUT2D eigenvalue weighted by Gasteiger charge is 2.01. The predicted octanol–water partition coefficient (Wildman–Crippen LogP) is 3.88. The molecular weight excluding hydrogens is 280 g/mol. The zero-order chi connectivity index (χ0) is 13.5. The fourth-order valence-corrected chi connectivity index (χ4v) is 2.54. The van der Waals surface area contributed by atoms with E-state index in [-0.39, 0.29) is 0 Å². The zero-order valence-electron chi connectivity index (χ0n) is 10.4. The van der Waals surface area contributed by atoms with Crippen LogP contribution in [0.1, 0.15) is 6.42 Å². The van der Waals surface area contributed by atoms with Gasteiger partial charge in [-0.3, -0.25) is 0 Å². The van der Waals surface area contributed by atoms with E-state index < -0.39 is 0 Å². The molecule has 0 amide bonds. The van der Waals surface area contributed by atoms with Crippen molar-refractivity contribution in [2.75, 3.05) is 18.1 Å². The van der Waals surface area contributed by atoms with Crippen LogP contribution in [0.15, 0.2) is 47.6 Å². The third-order valence-corrected chi connectivity index (χ3v) is 3.91. The van der Waals surface area contributed by atoms with Gasteiger partial charge >= 0.3 is 0 Å². The first kappa shape index (κ1) is 14.0. The summed E-state index contributed by atoms with van der Waals surface area (Å²) in [4.78, 5) is 4.22. The highest BCUT2D eigenvalue weighted by Crippen LogP contribution is 2.24. The fourth-order valence-electron chi connectivity index (χ4n) is 1.46. The van der Waals surface area contributed by atoms with Crippen molar-refractivity contribution in [1.29, 1.82) is 0 Å². The lowest BCUT2D eigenvalue weighted by Gasteiger charge is -2.06. The lowest BCUT2D eigenvalue weighted by Crippen LogP contribution is -1.99. The fraction of sp³-hybridized carbons (Fsp3) is 0.214. The van der Waals surface area contributed by atoms with Crippen LogP contribution in [0.2, 0.25) is 5.02 Å². The Labute approximate surface area is 122 Å². The maximum Gasteiger partial charge on any atom is 0.119 e. The minimum Gasteiger partial charge on any atom is -0.494 e. The standard InChI is InChI=1S/C14H15ClN2OS/c15-13-3-1-8-17-14(13)19-10-2-9-18-12-6-4-11(16)5-7-12/h1,3-8H,2,9-10,16H2. The largest absolute Gasteiger partial charge is 0.494 e. The van der Waals surface area contributed by atoms with Gasteiger partial charge in [0.1, 0.15) is 10.8 Å². The van der Waals surface area contributed by atoms with E-state index in [9.17, 15) is 0 Å². The molecular formula is C14H15ClN2OS. The van der Waals surface area contributed by atoms with Crippen molar-refractivity contribution in [2.24, 2.45) is 0 Å². The highest BCUT2D eigenvalue weighted by molar-refractivity contribution is 7.99. The number of nitrogens with zero attached hydrogens (tertiary/aromatic N) is 1. The Morgan fingerprint density at radius 2 is 2.00 bits per heavy atom. The van der Waals surface area contributed by atoms with Crippen LogP contribution in [-0.4, -0.2) is 17.3 Å². The molecule has 0 atom stereocenters. The van der Waals surface area contributed by atoms with E-state index in [4.69, 9.17) is 22.1 Å². The number of halogens is 1. The first-order chi connectivity index (χ1) is 9.25. The molecule has 0 aliphatic carbocycles. The summed E-state index contributed by atoms with van der Waals surface area (Å²) in [5.41, 5.74) is 6.35. The average Bonchev–Trinajstić information content (AvgIpc) is 2.42. The third-order valence-electron chi connectivity index (χ3n) is 2.40. The van der Waals surface area contributed by atoms with Crippen molar-refractivity contribution >= 4 is 29.1 Å². The van der Waals surface area contributed by atoms with Crippen molar-refractivity contribution in [3.63, 3.8) is 0 Å². The van der Waals surface area contributed by atoms with Crippen molar-refractivity contribution in [1.82, 2.24) is 4.98 Å². The number of hydrogen-bond acceptors (Lipinski definition) is 4. The maximum atomic E-state index is 6.02. The molecule has 0 aliphatic rings. The Bertz CT molecular complexity index is 519. The molecule has 0 radical (unpaired) electrons. The van der Waals surface area contributed by atoms with Gasteiger partial charge in [0.25, 0.3) is 0 Å². The summed E-state index contributed by atoms with van der Waals surface area (Å²) in [6, 6.07) is 11.1. The number of nitrogen functional groups attached to an aromatic ring is 1. The summed E-state index contributed by atoms with van der Waals surface area (Å²) < 4.78 is 5.61. The van der Waals surface area contributed by atoms with Crippen LogP contribution < -0.4 is 10.5 Å². The molecule has 1 aromatic heterocycles. The number of ether oxygens (including phenoxy) is 1. The van der Waals surface area contributed by atoms with Crippen LogP contribution in [-0.2, 0) is 0 Å². The lowest BCUT2D eigenvalue weighted by molar-refractivity contribution is 0.319. The molecule has 100 valence electrons. The lowest BCUT2D eigenvalue weighted by atomic mass is 10.3. The quantitative estimate of drug-likeness (QED) is 0.499. The van der Waals surface area contributed by atoms with Crippen LogP contribution in [0.4, 0.5) is 5.69 Å². The van der Waals surface area contributed by atoms with E-state index >= 15 is 0 Å². The van der Waals surface area contributed by atoms with Gasteiger partial charge in [0.2, 0.25) is 0 Å². The number of aromatic nitrogens is 1. The van der Waals surface area contributed by atoms with Crippen LogP contribution in [0.25, 0.3) is 0 Å². The summed E-state index contributed by atoms with van der Waals surface area (Å²) in [5.74, 6) is 1.76. The summed E-state index contributed by atoms with van der Waals surface area (Å²) in [5, 5.41) is 1.57. The van der Waals surface area contributed by atoms with Crippen molar-refractivity contribution < 1.29 is 4.74 Å². The van der Waals surface area contributed by atoms with Crippen LogP contribution in [0.5, 0.6) is 5.75 Å². The summed E-state index contributed by atoms with van der Waals surface area (Å²) in [7, 11) is 0. The second-order valence-corrected chi connectivity index (χ2v) is 5.40. The smallest absolute Gasteiger partial charge is 0.119 e. The topological polar surface area (TPSA) is 48.1 Å². The molecule has 1 aromatic carbocycles. The first-order valence-electron chi connectivity index (χ1n) is 5.97. The number of thioether (sulfide) groups is 1. The van der Waals surface area contributed by atoms with Crippen LogP contribution >= 0.6 is 23.4 Å². The molecule has 19 heavy (non-hydrogen) atoms. The number of benzene rings is 1. The van der Waals surface area contributed by atoms with Crippen LogP contribution in [0, 0.1) is 0 Å². The second-order valence-electron chi connectivity index (χ2n) is 3.91. The van der Waals surface area contributed by atoms with E-state index in [0.29, 0.717) is 11.6 Å². The molecule has 5 heteroatoms. The monoisotopic (exact) mass is 294 g/mol. The Kier molecular flexibility index (Phi) is 5.36. The van der Waals surface area contributed by atoms with Crippen LogP contribution in [0.3, 0.4) is 0 Å². The summed E-state index contributed by atoms with van der Waals surface area (Å²) >= 11 is 7.66. The number of anilines is 1. The molecule has 0 fully saturated rings. The first-order valence-corrected chi connectivity index (χ1v) is 7.34. The molecule has 0 unspecified atom stereocenters. The van der Waals surface area contributed by atoms with Gasteiger partial charge in [-0.15, -0.1) is 11.8 Å². The van der Waals surface area contributed by atoms with E-state index in [2.05, 4.69) is 4.98 Å². The van der Waals surface area contributed by atoms with E-state index in [1.807, 2.05) is 36.4 Å².